The Morgan fingerprint density at radius 3 is 2.69 bits per heavy atom. The Bertz CT molecular complexity index is 313. The van der Waals surface area contributed by atoms with Gasteiger partial charge in [0.1, 0.15) is 5.75 Å². The van der Waals surface area contributed by atoms with Crippen LogP contribution in [0, 0.1) is 6.92 Å². The minimum atomic E-state index is 0.511. The lowest BCUT2D eigenvalue weighted by molar-refractivity contribution is 0.322. The molecule has 0 aromatic heterocycles. The molecule has 4 heteroatoms. The lowest BCUT2D eigenvalue weighted by Crippen LogP contribution is -1.91. The van der Waals surface area contributed by atoms with Crippen molar-refractivity contribution in [1.29, 1.82) is 0 Å². The molecule has 1 N–H and O–H groups in total. The molecule has 0 aliphatic rings. The summed E-state index contributed by atoms with van der Waals surface area (Å²) < 4.78 is 5.07. The van der Waals surface area contributed by atoms with Gasteiger partial charge in [0, 0.05) is 0 Å². The average molecular weight is 200 g/mol. The van der Waals surface area contributed by atoms with Crippen LogP contribution >= 0.6 is 11.6 Å². The lowest BCUT2D eigenvalue weighted by Gasteiger charge is -2.07. The van der Waals surface area contributed by atoms with Crippen LogP contribution < -0.4 is 4.74 Å². The van der Waals surface area contributed by atoms with Crippen LogP contribution in [0.4, 0.5) is 0 Å². The largest absolute Gasteiger partial charge is 0.495 e. The van der Waals surface area contributed by atoms with Gasteiger partial charge in [-0.1, -0.05) is 16.8 Å². The molecule has 0 aliphatic heterocycles. The Labute approximate surface area is 81.6 Å². The molecule has 1 aromatic rings. The van der Waals surface area contributed by atoms with Gasteiger partial charge in [0.25, 0.3) is 0 Å². The Morgan fingerprint density at radius 1 is 1.54 bits per heavy atom. The van der Waals surface area contributed by atoms with Crippen LogP contribution in [0.15, 0.2) is 17.3 Å². The van der Waals surface area contributed by atoms with E-state index in [-0.39, 0.29) is 0 Å². The minimum absolute atomic E-state index is 0.511. The van der Waals surface area contributed by atoms with Gasteiger partial charge in [0.15, 0.2) is 0 Å². The Hall–Kier alpha value is -1.22. The maximum Gasteiger partial charge on any atom is 0.140 e. The highest BCUT2D eigenvalue weighted by Gasteiger charge is 2.05. The van der Waals surface area contributed by atoms with Crippen molar-refractivity contribution in [2.24, 2.45) is 5.16 Å². The molecule has 0 atom stereocenters. The van der Waals surface area contributed by atoms with E-state index in [0.29, 0.717) is 10.8 Å². The topological polar surface area (TPSA) is 41.8 Å². The van der Waals surface area contributed by atoms with Gasteiger partial charge < -0.3 is 9.94 Å². The Balaban J connectivity index is 3.20. The standard InChI is InChI=1S/C9H10ClNO2/c1-6-3-7(5-11-12)4-8(10)9(6)13-2/h3-5,12H,1-2H3. The molecule has 0 saturated carbocycles. The summed E-state index contributed by atoms with van der Waals surface area (Å²) in [6.45, 7) is 1.87. The molecule has 0 spiro atoms. The number of halogens is 1. The van der Waals surface area contributed by atoms with Crippen molar-refractivity contribution in [3.05, 3.63) is 28.3 Å². The first-order valence-corrected chi connectivity index (χ1v) is 4.08. The zero-order valence-electron chi connectivity index (χ0n) is 7.41. The second-order valence-electron chi connectivity index (χ2n) is 2.60. The van der Waals surface area contributed by atoms with Crippen molar-refractivity contribution >= 4 is 17.8 Å². The fraction of sp³-hybridized carbons (Fsp3) is 0.222. The minimum Gasteiger partial charge on any atom is -0.495 e. The molecule has 1 aromatic carbocycles. The van der Waals surface area contributed by atoms with Crippen LogP contribution in [-0.4, -0.2) is 18.5 Å². The first-order valence-electron chi connectivity index (χ1n) is 3.70. The van der Waals surface area contributed by atoms with Gasteiger partial charge in [-0.2, -0.15) is 0 Å². The van der Waals surface area contributed by atoms with Crippen LogP contribution in [0.2, 0.25) is 5.02 Å². The summed E-state index contributed by atoms with van der Waals surface area (Å²) >= 11 is 5.90. The van der Waals surface area contributed by atoms with Gasteiger partial charge in [-0.3, -0.25) is 0 Å². The van der Waals surface area contributed by atoms with Crippen molar-refractivity contribution in [1.82, 2.24) is 0 Å². The lowest BCUT2D eigenvalue weighted by atomic mass is 10.1. The summed E-state index contributed by atoms with van der Waals surface area (Å²) in [5.41, 5.74) is 1.65. The molecule has 70 valence electrons. The molecule has 0 fully saturated rings. The fourth-order valence-electron chi connectivity index (χ4n) is 1.16. The summed E-state index contributed by atoms with van der Waals surface area (Å²) in [6.07, 6.45) is 1.32. The maximum absolute atomic E-state index is 8.32. The number of hydrogen-bond acceptors (Lipinski definition) is 3. The van der Waals surface area contributed by atoms with E-state index >= 15 is 0 Å². The van der Waals surface area contributed by atoms with E-state index in [2.05, 4.69) is 5.16 Å². The van der Waals surface area contributed by atoms with Crippen LogP contribution in [0.25, 0.3) is 0 Å². The van der Waals surface area contributed by atoms with E-state index in [4.69, 9.17) is 21.5 Å². The van der Waals surface area contributed by atoms with Gasteiger partial charge in [-0.15, -0.1) is 0 Å². The quantitative estimate of drug-likeness (QED) is 0.452. The summed E-state index contributed by atoms with van der Waals surface area (Å²) in [5, 5.41) is 11.8. The van der Waals surface area contributed by atoms with Crippen LogP contribution in [0.3, 0.4) is 0 Å². The van der Waals surface area contributed by atoms with Crippen LogP contribution in [0.5, 0.6) is 5.75 Å². The van der Waals surface area contributed by atoms with E-state index in [0.717, 1.165) is 11.1 Å². The van der Waals surface area contributed by atoms with Crippen molar-refractivity contribution in [2.75, 3.05) is 7.11 Å². The highest BCUT2D eigenvalue weighted by atomic mass is 35.5. The predicted octanol–water partition coefficient (Wildman–Crippen LogP) is 2.47. The first-order chi connectivity index (χ1) is 6.19. The SMILES string of the molecule is COc1c(C)cc(C=NO)cc1Cl. The molecule has 0 bridgehead atoms. The summed E-state index contributed by atoms with van der Waals surface area (Å²) in [7, 11) is 1.56. The highest BCUT2D eigenvalue weighted by molar-refractivity contribution is 6.32. The molecule has 0 radical (unpaired) electrons. The Kier molecular flexibility index (Phi) is 3.14. The van der Waals surface area contributed by atoms with E-state index < -0.39 is 0 Å². The van der Waals surface area contributed by atoms with Gasteiger partial charge in [0.05, 0.1) is 18.3 Å². The molecule has 13 heavy (non-hydrogen) atoms. The zero-order valence-corrected chi connectivity index (χ0v) is 8.17. The molecule has 0 amide bonds. The van der Waals surface area contributed by atoms with Gasteiger partial charge >= 0.3 is 0 Å². The third kappa shape index (κ3) is 2.12. The summed E-state index contributed by atoms with van der Waals surface area (Å²) in [4.78, 5) is 0. The molecule has 1 rings (SSSR count). The van der Waals surface area contributed by atoms with E-state index in [1.165, 1.54) is 6.21 Å². The molecule has 0 aliphatic carbocycles. The second kappa shape index (κ2) is 4.14. The number of oxime groups is 1. The monoisotopic (exact) mass is 199 g/mol. The normalized spacial score (nSPS) is 10.7. The summed E-state index contributed by atoms with van der Waals surface area (Å²) in [6, 6.07) is 3.50. The number of ether oxygens (including phenoxy) is 1. The molecule has 0 saturated heterocycles. The number of rotatable bonds is 2. The maximum atomic E-state index is 8.32. The summed E-state index contributed by atoms with van der Waals surface area (Å²) in [5.74, 6) is 0.650. The average Bonchev–Trinajstić information content (AvgIpc) is 2.04. The van der Waals surface area contributed by atoms with Crippen LogP contribution in [-0.2, 0) is 0 Å². The molecule has 0 unspecified atom stereocenters. The van der Waals surface area contributed by atoms with E-state index in [9.17, 15) is 0 Å². The smallest absolute Gasteiger partial charge is 0.140 e. The van der Waals surface area contributed by atoms with Crippen molar-refractivity contribution in [3.8, 4) is 5.75 Å². The first kappa shape index (κ1) is 9.86. The second-order valence-corrected chi connectivity index (χ2v) is 3.00. The third-order valence-corrected chi connectivity index (χ3v) is 1.94. The Morgan fingerprint density at radius 2 is 2.23 bits per heavy atom. The van der Waals surface area contributed by atoms with Gasteiger partial charge in [0.2, 0.25) is 0 Å². The van der Waals surface area contributed by atoms with Crippen LogP contribution in [0.1, 0.15) is 11.1 Å². The molecular formula is C9H10ClNO2. The number of aryl methyl sites for hydroxylation is 1. The van der Waals surface area contributed by atoms with Gasteiger partial charge in [-0.05, 0) is 30.2 Å². The molecule has 3 nitrogen and oxygen atoms in total. The van der Waals surface area contributed by atoms with Crippen molar-refractivity contribution in [3.63, 3.8) is 0 Å². The van der Waals surface area contributed by atoms with Crippen molar-refractivity contribution in [2.45, 2.75) is 6.92 Å². The number of hydrogen-bond donors (Lipinski definition) is 1. The van der Waals surface area contributed by atoms with Crippen molar-refractivity contribution < 1.29 is 9.94 Å². The number of benzene rings is 1. The predicted molar refractivity (Wildman–Crippen MR) is 52.1 cm³/mol. The number of nitrogens with zero attached hydrogens (tertiary/aromatic N) is 1. The number of methoxy groups -OCH3 is 1. The van der Waals surface area contributed by atoms with E-state index in [1.807, 2.05) is 13.0 Å². The van der Waals surface area contributed by atoms with E-state index in [1.54, 1.807) is 13.2 Å². The zero-order chi connectivity index (χ0) is 9.84. The highest BCUT2D eigenvalue weighted by Crippen LogP contribution is 2.28. The van der Waals surface area contributed by atoms with Gasteiger partial charge in [-0.25, -0.2) is 0 Å². The fourth-order valence-corrected chi connectivity index (χ4v) is 1.51. The molecule has 0 heterocycles. The third-order valence-electron chi connectivity index (χ3n) is 1.66. The molecular weight excluding hydrogens is 190 g/mol.